The Kier molecular flexibility index (Phi) is 6.22. The van der Waals surface area contributed by atoms with Crippen LogP contribution in [-0.4, -0.2) is 32.6 Å². The van der Waals surface area contributed by atoms with Crippen LogP contribution in [0.3, 0.4) is 0 Å². The van der Waals surface area contributed by atoms with E-state index in [0.717, 1.165) is 38.9 Å². The van der Waals surface area contributed by atoms with Crippen molar-refractivity contribution in [3.8, 4) is 0 Å². The predicted octanol–water partition coefficient (Wildman–Crippen LogP) is 3.52. The van der Waals surface area contributed by atoms with E-state index < -0.39 is 5.97 Å². The highest BCUT2D eigenvalue weighted by Crippen LogP contribution is 2.26. The molecule has 0 saturated heterocycles. The average Bonchev–Trinajstić information content (AvgIpc) is 3.11. The minimum Gasteiger partial charge on any atom is -0.464 e. The first-order valence-electron chi connectivity index (χ1n) is 9.50. The van der Waals surface area contributed by atoms with Gasteiger partial charge >= 0.3 is 5.97 Å². The Bertz CT molecular complexity index is 1020. The summed E-state index contributed by atoms with van der Waals surface area (Å²) >= 11 is 0. The number of rotatable bonds is 7. The molecule has 0 radical (unpaired) electrons. The molecule has 6 nitrogen and oxygen atoms in total. The number of carbonyl (C=O) groups excluding carboxylic acids is 2. The molecule has 0 spiro atoms. The third-order valence-electron chi connectivity index (χ3n) is 4.98. The number of benzene rings is 2. The molecule has 152 valence electrons. The molecule has 3 rings (SSSR count). The van der Waals surface area contributed by atoms with Crippen LogP contribution in [0.2, 0.25) is 0 Å². The van der Waals surface area contributed by atoms with E-state index >= 15 is 0 Å². The zero-order chi connectivity index (χ0) is 21.0. The number of furan rings is 1. The second-order valence-electron chi connectivity index (χ2n) is 7.32. The van der Waals surface area contributed by atoms with Crippen molar-refractivity contribution in [2.75, 3.05) is 25.6 Å². The summed E-state index contributed by atoms with van der Waals surface area (Å²) in [6.45, 7) is 4.08. The van der Waals surface area contributed by atoms with Gasteiger partial charge in [0.1, 0.15) is 5.58 Å². The first-order chi connectivity index (χ1) is 13.8. The van der Waals surface area contributed by atoms with Gasteiger partial charge < -0.3 is 19.4 Å². The van der Waals surface area contributed by atoms with Crippen molar-refractivity contribution >= 4 is 28.5 Å². The number of esters is 1. The zero-order valence-electron chi connectivity index (χ0n) is 17.2. The van der Waals surface area contributed by atoms with Crippen molar-refractivity contribution in [2.24, 2.45) is 0 Å². The Labute approximate surface area is 170 Å². The van der Waals surface area contributed by atoms with Gasteiger partial charge in [0.2, 0.25) is 0 Å². The topological polar surface area (TPSA) is 71.8 Å². The van der Waals surface area contributed by atoms with E-state index in [0.29, 0.717) is 6.54 Å². The molecule has 1 heterocycles. The van der Waals surface area contributed by atoms with Crippen LogP contribution in [0.4, 0.5) is 5.69 Å². The van der Waals surface area contributed by atoms with Crippen molar-refractivity contribution in [3.05, 3.63) is 64.9 Å². The fourth-order valence-corrected chi connectivity index (χ4v) is 3.04. The van der Waals surface area contributed by atoms with Crippen LogP contribution in [0, 0.1) is 13.8 Å². The fraction of sp³-hybridized carbons (Fsp3) is 0.304. The van der Waals surface area contributed by atoms with E-state index in [4.69, 9.17) is 9.15 Å². The predicted molar refractivity (Wildman–Crippen MR) is 113 cm³/mol. The number of anilines is 1. The van der Waals surface area contributed by atoms with Crippen molar-refractivity contribution in [1.29, 1.82) is 0 Å². The maximum absolute atomic E-state index is 12.1. The molecule has 1 amide bonds. The maximum atomic E-state index is 12.1. The summed E-state index contributed by atoms with van der Waals surface area (Å²) in [4.78, 5) is 26.1. The van der Waals surface area contributed by atoms with Gasteiger partial charge in [-0.05, 0) is 42.7 Å². The second kappa shape index (κ2) is 8.82. The van der Waals surface area contributed by atoms with Crippen LogP contribution >= 0.6 is 0 Å². The largest absolute Gasteiger partial charge is 0.464 e. The number of hydrogen-bond acceptors (Lipinski definition) is 5. The molecule has 0 atom stereocenters. The minimum atomic E-state index is -0.462. The lowest BCUT2D eigenvalue weighted by Crippen LogP contribution is -2.28. The molecule has 6 heteroatoms. The van der Waals surface area contributed by atoms with Crippen LogP contribution < -0.4 is 10.2 Å². The Morgan fingerprint density at radius 3 is 2.48 bits per heavy atom. The van der Waals surface area contributed by atoms with Crippen molar-refractivity contribution in [3.63, 3.8) is 0 Å². The Morgan fingerprint density at radius 1 is 1.07 bits per heavy atom. The number of aryl methyl sites for hydroxylation is 2. The van der Waals surface area contributed by atoms with Crippen LogP contribution in [-0.2, 0) is 27.3 Å². The molecule has 0 saturated carbocycles. The van der Waals surface area contributed by atoms with Gasteiger partial charge in [0, 0.05) is 37.3 Å². The fourth-order valence-electron chi connectivity index (χ4n) is 3.04. The first kappa shape index (κ1) is 20.5. The molecule has 3 aromatic rings. The van der Waals surface area contributed by atoms with Gasteiger partial charge in [-0.2, -0.15) is 0 Å². The molecule has 2 aromatic carbocycles. The highest BCUT2D eigenvalue weighted by Gasteiger charge is 2.14. The van der Waals surface area contributed by atoms with Gasteiger partial charge in [0.05, 0.1) is 12.7 Å². The summed E-state index contributed by atoms with van der Waals surface area (Å²) in [5, 5.41) is 3.66. The molecule has 0 aliphatic carbocycles. The molecule has 0 aliphatic heterocycles. The number of carbonyl (C=O) groups is 2. The summed E-state index contributed by atoms with van der Waals surface area (Å²) in [7, 11) is 3.94. The van der Waals surface area contributed by atoms with E-state index in [1.165, 1.54) is 0 Å². The van der Waals surface area contributed by atoms with E-state index in [-0.39, 0.29) is 18.9 Å². The third kappa shape index (κ3) is 4.96. The lowest BCUT2D eigenvalue weighted by molar-refractivity contribution is -0.147. The number of hydrogen-bond donors (Lipinski definition) is 1. The van der Waals surface area contributed by atoms with Crippen molar-refractivity contribution < 1.29 is 18.7 Å². The van der Waals surface area contributed by atoms with Gasteiger partial charge in [-0.3, -0.25) is 9.59 Å². The quantitative estimate of drug-likeness (QED) is 0.621. The molecular formula is C23H26N2O4. The van der Waals surface area contributed by atoms with Crippen LogP contribution in [0.25, 0.3) is 11.0 Å². The SMILES string of the molecule is Cc1ccc2c(CC(=O)OCC(=O)NCc3ccc(N(C)C)cc3)coc2c1C. The third-order valence-corrected chi connectivity index (χ3v) is 4.98. The Hall–Kier alpha value is -3.28. The smallest absolute Gasteiger partial charge is 0.310 e. The Morgan fingerprint density at radius 2 is 1.79 bits per heavy atom. The van der Waals surface area contributed by atoms with Crippen LogP contribution in [0.15, 0.2) is 47.1 Å². The van der Waals surface area contributed by atoms with Gasteiger partial charge in [0.25, 0.3) is 5.91 Å². The molecule has 29 heavy (non-hydrogen) atoms. The number of nitrogens with one attached hydrogen (secondary N) is 1. The van der Waals surface area contributed by atoms with Crippen molar-refractivity contribution in [2.45, 2.75) is 26.8 Å². The van der Waals surface area contributed by atoms with E-state index in [1.54, 1.807) is 6.26 Å². The van der Waals surface area contributed by atoms with Gasteiger partial charge in [0.15, 0.2) is 6.61 Å². The van der Waals surface area contributed by atoms with E-state index in [9.17, 15) is 9.59 Å². The maximum Gasteiger partial charge on any atom is 0.310 e. The monoisotopic (exact) mass is 394 g/mol. The van der Waals surface area contributed by atoms with Gasteiger partial charge in [-0.25, -0.2) is 0 Å². The summed E-state index contributed by atoms with van der Waals surface area (Å²) in [6, 6.07) is 11.8. The van der Waals surface area contributed by atoms with Crippen LogP contribution in [0.1, 0.15) is 22.3 Å². The summed E-state index contributed by atoms with van der Waals surface area (Å²) in [5.41, 5.74) is 5.80. The Balaban J connectivity index is 1.48. The lowest BCUT2D eigenvalue weighted by Gasteiger charge is -2.13. The number of nitrogens with zero attached hydrogens (tertiary/aromatic N) is 1. The molecule has 1 N–H and O–H groups in total. The molecule has 0 aliphatic rings. The van der Waals surface area contributed by atoms with Gasteiger partial charge in [-0.15, -0.1) is 0 Å². The number of ether oxygens (including phenoxy) is 1. The minimum absolute atomic E-state index is 0.0643. The molecular weight excluding hydrogens is 368 g/mol. The summed E-state index contributed by atoms with van der Waals surface area (Å²) < 4.78 is 10.7. The first-order valence-corrected chi connectivity index (χ1v) is 9.50. The van der Waals surface area contributed by atoms with Crippen LogP contribution in [0.5, 0.6) is 0 Å². The van der Waals surface area contributed by atoms with E-state index in [2.05, 4.69) is 5.32 Å². The standard InChI is InChI=1S/C23H26N2O4/c1-15-5-10-20-18(13-29-23(20)16(15)2)11-22(27)28-14-21(26)24-12-17-6-8-19(9-7-17)25(3)4/h5-10,13H,11-12,14H2,1-4H3,(H,24,26). The number of fused-ring (bicyclic) bond motifs is 1. The lowest BCUT2D eigenvalue weighted by atomic mass is 10.0. The zero-order valence-corrected chi connectivity index (χ0v) is 17.2. The van der Waals surface area contributed by atoms with E-state index in [1.807, 2.05) is 69.2 Å². The second-order valence-corrected chi connectivity index (χ2v) is 7.32. The normalized spacial score (nSPS) is 10.8. The molecule has 0 fully saturated rings. The van der Waals surface area contributed by atoms with Crippen molar-refractivity contribution in [1.82, 2.24) is 5.32 Å². The average molecular weight is 394 g/mol. The number of amides is 1. The molecule has 1 aromatic heterocycles. The summed E-state index contributed by atoms with van der Waals surface area (Å²) in [6.07, 6.45) is 1.64. The highest BCUT2D eigenvalue weighted by molar-refractivity contribution is 5.89. The summed E-state index contributed by atoms with van der Waals surface area (Å²) in [5.74, 6) is -0.796. The highest BCUT2D eigenvalue weighted by atomic mass is 16.5. The molecule has 0 bridgehead atoms. The molecule has 0 unspecified atom stereocenters. The van der Waals surface area contributed by atoms with Gasteiger partial charge in [-0.1, -0.05) is 24.3 Å².